The molecule has 7 nitrogen and oxygen atoms in total. The minimum absolute atomic E-state index is 0.601. The topological polar surface area (TPSA) is 82.5 Å². The molecule has 206 valence electrons. The van der Waals surface area contributed by atoms with Crippen LogP contribution in [0.2, 0.25) is 0 Å². The summed E-state index contributed by atoms with van der Waals surface area (Å²) < 4.78 is 8.68. The molecule has 9 rings (SSSR count). The fourth-order valence-corrected chi connectivity index (χ4v) is 6.01. The third-order valence-corrected chi connectivity index (χ3v) is 8.00. The maximum atomic E-state index is 6.42. The first kappa shape index (κ1) is 24.4. The summed E-state index contributed by atoms with van der Waals surface area (Å²) in [4.78, 5) is 23.5. The standard InChI is InChI=1S/C37H22N6O/c1-3-10-23(11-4-1)35-40-36(24-12-5-2-6-13-24)42-37(41-35)25-14-9-15-26(20-25)43-30-17-8-7-16-27(30)28-18-19-29-32-31(21-38-22-39-32)44-34(29)33(28)43/h1-22H. The first-order valence-corrected chi connectivity index (χ1v) is 14.3. The zero-order valence-corrected chi connectivity index (χ0v) is 23.3. The van der Waals surface area contributed by atoms with E-state index in [4.69, 9.17) is 19.4 Å². The molecule has 0 fully saturated rings. The van der Waals surface area contributed by atoms with E-state index in [2.05, 4.69) is 63.1 Å². The molecular weight excluding hydrogens is 544 g/mol. The quantitative estimate of drug-likeness (QED) is 0.212. The summed E-state index contributed by atoms with van der Waals surface area (Å²) in [6, 6.07) is 41.0. The summed E-state index contributed by atoms with van der Waals surface area (Å²) >= 11 is 0. The van der Waals surface area contributed by atoms with E-state index in [1.807, 2.05) is 72.8 Å². The van der Waals surface area contributed by atoms with Crippen molar-refractivity contribution >= 4 is 43.9 Å². The number of benzene rings is 5. The highest BCUT2D eigenvalue weighted by Crippen LogP contribution is 2.40. The third kappa shape index (κ3) is 3.80. The normalized spacial score (nSPS) is 11.6. The number of hydrogen-bond donors (Lipinski definition) is 0. The van der Waals surface area contributed by atoms with Crippen molar-refractivity contribution in [2.45, 2.75) is 0 Å². The largest absolute Gasteiger partial charge is 0.450 e. The first-order valence-electron chi connectivity index (χ1n) is 14.3. The minimum Gasteiger partial charge on any atom is -0.450 e. The summed E-state index contributed by atoms with van der Waals surface area (Å²) in [6.45, 7) is 0. The number of nitrogens with zero attached hydrogens (tertiary/aromatic N) is 6. The lowest BCUT2D eigenvalue weighted by Crippen LogP contribution is -2.01. The Balaban J connectivity index is 1.30. The highest BCUT2D eigenvalue weighted by atomic mass is 16.3. The average molecular weight is 567 g/mol. The lowest BCUT2D eigenvalue weighted by atomic mass is 10.1. The lowest BCUT2D eigenvalue weighted by Gasteiger charge is -2.11. The molecule has 0 bridgehead atoms. The zero-order valence-electron chi connectivity index (χ0n) is 23.3. The molecule has 0 aliphatic rings. The molecule has 4 heterocycles. The van der Waals surface area contributed by atoms with E-state index in [0.717, 1.165) is 60.7 Å². The molecule has 0 spiro atoms. The summed E-state index contributed by atoms with van der Waals surface area (Å²) in [5, 5.41) is 3.19. The molecule has 0 aliphatic heterocycles. The number of hydrogen-bond acceptors (Lipinski definition) is 6. The second-order valence-corrected chi connectivity index (χ2v) is 10.6. The van der Waals surface area contributed by atoms with Gasteiger partial charge in [0.05, 0.1) is 17.2 Å². The van der Waals surface area contributed by atoms with E-state index in [9.17, 15) is 0 Å². The second-order valence-electron chi connectivity index (χ2n) is 10.6. The van der Waals surface area contributed by atoms with Crippen molar-refractivity contribution in [3.8, 4) is 39.9 Å². The molecule has 0 N–H and O–H groups in total. The molecule has 0 amide bonds. The molecule has 5 aromatic carbocycles. The van der Waals surface area contributed by atoms with Gasteiger partial charge in [-0.3, -0.25) is 0 Å². The fraction of sp³-hybridized carbons (Fsp3) is 0. The SMILES string of the molecule is c1ccc(-c2nc(-c3ccccc3)nc(-c3cccc(-n4c5ccccc5c5ccc6c7ncncc7oc6c54)c3)n2)cc1. The van der Waals surface area contributed by atoms with Crippen LogP contribution in [0.1, 0.15) is 0 Å². The van der Waals surface area contributed by atoms with Crippen LogP contribution in [-0.2, 0) is 0 Å². The van der Waals surface area contributed by atoms with Gasteiger partial charge in [-0.1, -0.05) is 97.1 Å². The second kappa shape index (κ2) is 9.68. The van der Waals surface area contributed by atoms with Crippen LogP contribution in [0.3, 0.4) is 0 Å². The minimum atomic E-state index is 0.601. The van der Waals surface area contributed by atoms with Gasteiger partial charge in [-0.2, -0.15) is 0 Å². The molecule has 0 aliphatic carbocycles. The van der Waals surface area contributed by atoms with Crippen LogP contribution in [0.5, 0.6) is 0 Å². The third-order valence-electron chi connectivity index (χ3n) is 8.00. The maximum Gasteiger partial charge on any atom is 0.172 e. The number of fused-ring (bicyclic) bond motifs is 7. The van der Waals surface area contributed by atoms with E-state index < -0.39 is 0 Å². The molecule has 0 atom stereocenters. The van der Waals surface area contributed by atoms with Gasteiger partial charge in [-0.15, -0.1) is 0 Å². The van der Waals surface area contributed by atoms with Gasteiger partial charge in [0, 0.05) is 38.5 Å². The van der Waals surface area contributed by atoms with Crippen LogP contribution in [-0.4, -0.2) is 29.5 Å². The Bertz CT molecular complexity index is 2440. The molecule has 0 radical (unpaired) electrons. The van der Waals surface area contributed by atoms with E-state index in [-0.39, 0.29) is 0 Å². The maximum absolute atomic E-state index is 6.42. The van der Waals surface area contributed by atoms with Crippen molar-refractivity contribution in [2.75, 3.05) is 0 Å². The predicted molar refractivity (Wildman–Crippen MR) is 173 cm³/mol. The average Bonchev–Trinajstić information content (AvgIpc) is 3.65. The molecule has 0 saturated carbocycles. The summed E-state index contributed by atoms with van der Waals surface area (Å²) in [7, 11) is 0. The van der Waals surface area contributed by atoms with Gasteiger partial charge < -0.3 is 8.98 Å². The lowest BCUT2D eigenvalue weighted by molar-refractivity contribution is 0.668. The molecular formula is C37H22N6O. The van der Waals surface area contributed by atoms with Crippen molar-refractivity contribution < 1.29 is 4.42 Å². The first-order chi connectivity index (χ1) is 21.8. The zero-order chi connectivity index (χ0) is 29.0. The van der Waals surface area contributed by atoms with Crippen molar-refractivity contribution in [1.29, 1.82) is 0 Å². The number of para-hydroxylation sites is 1. The molecule has 44 heavy (non-hydrogen) atoms. The molecule has 9 aromatic rings. The summed E-state index contributed by atoms with van der Waals surface area (Å²) in [5.41, 5.74) is 8.00. The van der Waals surface area contributed by atoms with Gasteiger partial charge in [0.25, 0.3) is 0 Å². The fourth-order valence-electron chi connectivity index (χ4n) is 6.01. The predicted octanol–water partition coefficient (Wildman–Crippen LogP) is 8.66. The van der Waals surface area contributed by atoms with Gasteiger partial charge in [-0.25, -0.2) is 24.9 Å². The van der Waals surface area contributed by atoms with Crippen LogP contribution in [0.25, 0.3) is 83.7 Å². The van der Waals surface area contributed by atoms with Gasteiger partial charge in [0.2, 0.25) is 0 Å². The van der Waals surface area contributed by atoms with E-state index in [1.54, 1.807) is 12.5 Å². The van der Waals surface area contributed by atoms with Gasteiger partial charge in [0.1, 0.15) is 11.8 Å². The van der Waals surface area contributed by atoms with Crippen LogP contribution in [0.4, 0.5) is 0 Å². The smallest absolute Gasteiger partial charge is 0.172 e. The van der Waals surface area contributed by atoms with Gasteiger partial charge in [-0.05, 0) is 24.3 Å². The highest BCUT2D eigenvalue weighted by Gasteiger charge is 2.20. The Hall–Kier alpha value is -6.21. The van der Waals surface area contributed by atoms with Crippen LogP contribution in [0.15, 0.2) is 138 Å². The van der Waals surface area contributed by atoms with Crippen molar-refractivity contribution in [3.63, 3.8) is 0 Å². The number of aromatic nitrogens is 6. The van der Waals surface area contributed by atoms with E-state index in [0.29, 0.717) is 23.1 Å². The van der Waals surface area contributed by atoms with Crippen LogP contribution in [0, 0.1) is 0 Å². The van der Waals surface area contributed by atoms with Crippen LogP contribution < -0.4 is 0 Å². The highest BCUT2D eigenvalue weighted by molar-refractivity contribution is 6.20. The van der Waals surface area contributed by atoms with Gasteiger partial charge in [0.15, 0.2) is 28.6 Å². The summed E-state index contributed by atoms with van der Waals surface area (Å²) in [6.07, 6.45) is 3.28. The Morgan fingerprint density at radius 2 is 1.18 bits per heavy atom. The Kier molecular flexibility index (Phi) is 5.36. The van der Waals surface area contributed by atoms with Crippen molar-refractivity contribution in [1.82, 2.24) is 29.5 Å². The molecule has 4 aromatic heterocycles. The Labute approximate surface area is 251 Å². The number of furan rings is 1. The Morgan fingerprint density at radius 1 is 0.545 bits per heavy atom. The van der Waals surface area contributed by atoms with Gasteiger partial charge >= 0.3 is 0 Å². The van der Waals surface area contributed by atoms with Crippen LogP contribution >= 0.6 is 0 Å². The molecule has 0 unspecified atom stereocenters. The van der Waals surface area contributed by atoms with E-state index >= 15 is 0 Å². The number of rotatable bonds is 4. The van der Waals surface area contributed by atoms with Crippen molar-refractivity contribution in [2.24, 2.45) is 0 Å². The van der Waals surface area contributed by atoms with E-state index in [1.165, 1.54) is 0 Å². The summed E-state index contributed by atoms with van der Waals surface area (Å²) in [5.74, 6) is 1.85. The van der Waals surface area contributed by atoms with Crippen molar-refractivity contribution in [3.05, 3.63) is 134 Å². The Morgan fingerprint density at radius 3 is 1.93 bits per heavy atom. The monoisotopic (exact) mass is 566 g/mol. The molecule has 7 heteroatoms. The molecule has 0 saturated heterocycles.